The molecule has 94 valence electrons. The van der Waals surface area contributed by atoms with Crippen LogP contribution in [0.1, 0.15) is 40.5 Å². The number of carbonyl (C=O) groups is 1. The van der Waals surface area contributed by atoms with E-state index in [0.29, 0.717) is 17.8 Å². The van der Waals surface area contributed by atoms with Crippen LogP contribution in [-0.2, 0) is 4.79 Å². The van der Waals surface area contributed by atoms with Crippen molar-refractivity contribution >= 4 is 21.8 Å². The van der Waals surface area contributed by atoms with Crippen molar-refractivity contribution in [3.8, 4) is 0 Å². The van der Waals surface area contributed by atoms with E-state index in [0.717, 1.165) is 25.9 Å². The SMILES string of the molecule is CC(C)C(CN1CCCC(Br)C1=O)C(C)C. The predicted octanol–water partition coefficient (Wildman–Crippen LogP) is 3.30. The third kappa shape index (κ3) is 3.47. The molecule has 3 heteroatoms. The summed E-state index contributed by atoms with van der Waals surface area (Å²) in [5.41, 5.74) is 0. The molecule has 1 atom stereocenters. The van der Waals surface area contributed by atoms with Gasteiger partial charge in [0.1, 0.15) is 0 Å². The van der Waals surface area contributed by atoms with Crippen LogP contribution in [0.25, 0.3) is 0 Å². The fourth-order valence-electron chi connectivity index (χ4n) is 2.52. The number of carbonyl (C=O) groups excluding carboxylic acids is 1. The highest BCUT2D eigenvalue weighted by molar-refractivity contribution is 9.10. The molecule has 1 aliphatic heterocycles. The Morgan fingerprint density at radius 2 is 1.88 bits per heavy atom. The van der Waals surface area contributed by atoms with Gasteiger partial charge in [-0.1, -0.05) is 43.6 Å². The number of halogens is 1. The summed E-state index contributed by atoms with van der Waals surface area (Å²) >= 11 is 3.47. The monoisotopic (exact) mass is 289 g/mol. The Bertz CT molecular complexity index is 232. The second-order valence-corrected chi connectivity index (χ2v) is 6.65. The van der Waals surface area contributed by atoms with Crippen LogP contribution in [0.3, 0.4) is 0 Å². The molecular formula is C13H24BrNO. The van der Waals surface area contributed by atoms with Gasteiger partial charge in [0, 0.05) is 13.1 Å². The summed E-state index contributed by atoms with van der Waals surface area (Å²) in [7, 11) is 0. The van der Waals surface area contributed by atoms with Crippen molar-refractivity contribution in [1.29, 1.82) is 0 Å². The van der Waals surface area contributed by atoms with Gasteiger partial charge in [0.05, 0.1) is 4.83 Å². The molecule has 0 spiro atoms. The van der Waals surface area contributed by atoms with Crippen LogP contribution < -0.4 is 0 Å². The first-order valence-corrected chi connectivity index (χ1v) is 7.28. The lowest BCUT2D eigenvalue weighted by atomic mass is 9.85. The summed E-state index contributed by atoms with van der Waals surface area (Å²) in [6.07, 6.45) is 2.12. The van der Waals surface area contributed by atoms with E-state index in [9.17, 15) is 4.79 Å². The van der Waals surface area contributed by atoms with Crippen LogP contribution in [0, 0.1) is 17.8 Å². The maximum Gasteiger partial charge on any atom is 0.236 e. The zero-order valence-electron chi connectivity index (χ0n) is 10.9. The summed E-state index contributed by atoms with van der Waals surface area (Å²) in [5, 5.41) is 0. The number of rotatable bonds is 4. The topological polar surface area (TPSA) is 20.3 Å². The second kappa shape index (κ2) is 6.04. The molecule has 1 heterocycles. The molecule has 16 heavy (non-hydrogen) atoms. The van der Waals surface area contributed by atoms with Crippen molar-refractivity contribution in [1.82, 2.24) is 4.90 Å². The number of nitrogens with zero attached hydrogens (tertiary/aromatic N) is 1. The standard InChI is InChI=1S/C13H24BrNO/c1-9(2)11(10(3)4)8-15-7-5-6-12(14)13(15)16/h9-12H,5-8H2,1-4H3. The van der Waals surface area contributed by atoms with Crippen molar-refractivity contribution < 1.29 is 4.79 Å². The first kappa shape index (κ1) is 14.0. The molecule has 0 bridgehead atoms. The van der Waals surface area contributed by atoms with Crippen LogP contribution in [0.15, 0.2) is 0 Å². The van der Waals surface area contributed by atoms with E-state index in [1.54, 1.807) is 0 Å². The molecule has 0 saturated carbocycles. The van der Waals surface area contributed by atoms with Crippen molar-refractivity contribution in [2.45, 2.75) is 45.4 Å². The minimum absolute atomic E-state index is 0.0567. The highest BCUT2D eigenvalue weighted by atomic mass is 79.9. The average molecular weight is 290 g/mol. The van der Waals surface area contributed by atoms with Gasteiger partial charge < -0.3 is 4.90 Å². The molecule has 0 aliphatic carbocycles. The number of piperidine rings is 1. The third-order valence-electron chi connectivity index (χ3n) is 3.61. The van der Waals surface area contributed by atoms with Gasteiger partial charge in [0.25, 0.3) is 0 Å². The number of hydrogen-bond donors (Lipinski definition) is 0. The zero-order valence-corrected chi connectivity index (χ0v) is 12.5. The van der Waals surface area contributed by atoms with Crippen molar-refractivity contribution in [3.05, 3.63) is 0 Å². The first-order valence-electron chi connectivity index (χ1n) is 6.36. The van der Waals surface area contributed by atoms with Gasteiger partial charge in [-0.2, -0.15) is 0 Å². The lowest BCUT2D eigenvalue weighted by molar-refractivity contribution is -0.133. The minimum Gasteiger partial charge on any atom is -0.341 e. The molecule has 1 unspecified atom stereocenters. The molecule has 1 rings (SSSR count). The molecule has 0 N–H and O–H groups in total. The number of alkyl halides is 1. The number of likely N-dealkylation sites (tertiary alicyclic amines) is 1. The fraction of sp³-hybridized carbons (Fsp3) is 0.923. The summed E-state index contributed by atoms with van der Waals surface area (Å²) in [5.74, 6) is 2.19. The molecule has 1 aliphatic rings. The first-order chi connectivity index (χ1) is 7.43. The molecule has 1 fully saturated rings. The second-order valence-electron chi connectivity index (χ2n) is 5.55. The Balaban J connectivity index is 2.60. The Kier molecular flexibility index (Phi) is 5.29. The maximum absolute atomic E-state index is 12.0. The quantitative estimate of drug-likeness (QED) is 0.727. The highest BCUT2D eigenvalue weighted by Crippen LogP contribution is 2.25. The molecule has 0 aromatic carbocycles. The minimum atomic E-state index is 0.0567. The van der Waals surface area contributed by atoms with Gasteiger partial charge in [-0.25, -0.2) is 0 Å². The Hall–Kier alpha value is -0.0500. The van der Waals surface area contributed by atoms with Gasteiger partial charge in [-0.3, -0.25) is 4.79 Å². The van der Waals surface area contributed by atoms with E-state index < -0.39 is 0 Å². The fourth-order valence-corrected chi connectivity index (χ4v) is 3.13. The summed E-state index contributed by atoms with van der Waals surface area (Å²) in [6.45, 7) is 10.9. The van der Waals surface area contributed by atoms with E-state index in [2.05, 4.69) is 43.6 Å². The molecule has 1 saturated heterocycles. The zero-order chi connectivity index (χ0) is 12.3. The van der Waals surface area contributed by atoms with E-state index in [4.69, 9.17) is 0 Å². The van der Waals surface area contributed by atoms with Crippen LogP contribution in [0.4, 0.5) is 0 Å². The summed E-state index contributed by atoms with van der Waals surface area (Å²) < 4.78 is 0. The average Bonchev–Trinajstić information content (AvgIpc) is 2.19. The van der Waals surface area contributed by atoms with Gasteiger partial charge in [0.2, 0.25) is 5.91 Å². The van der Waals surface area contributed by atoms with Crippen molar-refractivity contribution in [2.24, 2.45) is 17.8 Å². The van der Waals surface area contributed by atoms with Crippen molar-refractivity contribution in [3.63, 3.8) is 0 Å². The number of amides is 1. The molecule has 2 nitrogen and oxygen atoms in total. The van der Waals surface area contributed by atoms with Gasteiger partial charge >= 0.3 is 0 Å². The van der Waals surface area contributed by atoms with Gasteiger partial charge in [-0.15, -0.1) is 0 Å². The van der Waals surface area contributed by atoms with Crippen LogP contribution in [-0.4, -0.2) is 28.7 Å². The van der Waals surface area contributed by atoms with Crippen LogP contribution in [0.2, 0.25) is 0 Å². The van der Waals surface area contributed by atoms with Gasteiger partial charge in [0.15, 0.2) is 0 Å². The van der Waals surface area contributed by atoms with Crippen molar-refractivity contribution in [2.75, 3.05) is 13.1 Å². The maximum atomic E-state index is 12.0. The molecular weight excluding hydrogens is 266 g/mol. The Morgan fingerprint density at radius 1 is 1.31 bits per heavy atom. The van der Waals surface area contributed by atoms with Gasteiger partial charge in [-0.05, 0) is 30.6 Å². The van der Waals surface area contributed by atoms with E-state index in [1.165, 1.54) is 0 Å². The lowest BCUT2D eigenvalue weighted by Gasteiger charge is -2.35. The number of hydrogen-bond acceptors (Lipinski definition) is 1. The Morgan fingerprint density at radius 3 is 2.38 bits per heavy atom. The van der Waals surface area contributed by atoms with E-state index in [1.807, 2.05) is 4.90 Å². The third-order valence-corrected chi connectivity index (χ3v) is 4.46. The highest BCUT2D eigenvalue weighted by Gasteiger charge is 2.29. The van der Waals surface area contributed by atoms with Crippen LogP contribution >= 0.6 is 15.9 Å². The molecule has 0 aromatic heterocycles. The summed E-state index contributed by atoms with van der Waals surface area (Å²) in [4.78, 5) is 14.1. The Labute approximate surface area is 108 Å². The molecule has 1 amide bonds. The normalized spacial score (nSPS) is 22.6. The van der Waals surface area contributed by atoms with Crippen LogP contribution in [0.5, 0.6) is 0 Å². The molecule has 0 aromatic rings. The largest absolute Gasteiger partial charge is 0.341 e. The van der Waals surface area contributed by atoms with E-state index in [-0.39, 0.29) is 10.7 Å². The molecule has 0 radical (unpaired) electrons. The van der Waals surface area contributed by atoms with E-state index >= 15 is 0 Å². The predicted molar refractivity (Wildman–Crippen MR) is 71.7 cm³/mol. The lowest BCUT2D eigenvalue weighted by Crippen LogP contribution is -2.45. The smallest absolute Gasteiger partial charge is 0.236 e. The summed E-state index contributed by atoms with van der Waals surface area (Å²) in [6, 6.07) is 0.